The number of aryl methyl sites for hydroxylation is 2. The fraction of sp³-hybridized carbons (Fsp3) is 0.452. The zero-order valence-corrected chi connectivity index (χ0v) is 25.9. The number of rotatable bonds is 5. The van der Waals surface area contributed by atoms with E-state index in [1.54, 1.807) is 24.0 Å². The van der Waals surface area contributed by atoms with Crippen LogP contribution in [-0.4, -0.2) is 84.0 Å². The lowest BCUT2D eigenvalue weighted by molar-refractivity contribution is -0.286. The molecule has 0 radical (unpaired) electrons. The van der Waals surface area contributed by atoms with Crippen molar-refractivity contribution >= 4 is 33.7 Å². The molecule has 45 heavy (non-hydrogen) atoms. The molecule has 4 aliphatic heterocycles. The van der Waals surface area contributed by atoms with Gasteiger partial charge in [0.25, 0.3) is 11.8 Å². The van der Waals surface area contributed by atoms with Crippen LogP contribution in [0.15, 0.2) is 40.7 Å². The van der Waals surface area contributed by atoms with Crippen LogP contribution in [0.2, 0.25) is 0 Å². The van der Waals surface area contributed by atoms with E-state index in [0.29, 0.717) is 42.6 Å². The summed E-state index contributed by atoms with van der Waals surface area (Å²) < 4.78 is 63.6. The molecule has 0 unspecified atom stereocenters. The lowest BCUT2D eigenvalue weighted by Crippen LogP contribution is -2.50. The molecular formula is C31H34F2N4O7S. The summed E-state index contributed by atoms with van der Waals surface area (Å²) in [6.45, 7) is 6.46. The Bertz CT molecular complexity index is 1710. The van der Waals surface area contributed by atoms with Gasteiger partial charge in [-0.3, -0.25) is 14.6 Å². The molecule has 14 heteroatoms. The Balaban J connectivity index is 1.12. The van der Waals surface area contributed by atoms with E-state index < -0.39 is 27.5 Å². The monoisotopic (exact) mass is 644 g/mol. The number of nitrogens with zero attached hydrogens (tertiary/aromatic N) is 3. The van der Waals surface area contributed by atoms with E-state index >= 15 is 0 Å². The number of sulfonamides is 1. The van der Waals surface area contributed by atoms with Gasteiger partial charge in [0.05, 0.1) is 5.60 Å². The summed E-state index contributed by atoms with van der Waals surface area (Å²) in [7, 11) is -3.84. The van der Waals surface area contributed by atoms with E-state index in [0.717, 1.165) is 16.5 Å². The van der Waals surface area contributed by atoms with Crippen molar-refractivity contribution in [1.82, 2.24) is 14.5 Å². The van der Waals surface area contributed by atoms with E-state index in [-0.39, 0.29) is 55.1 Å². The molecule has 2 N–H and O–H groups in total. The van der Waals surface area contributed by atoms with Gasteiger partial charge >= 0.3 is 6.29 Å². The first kappa shape index (κ1) is 31.1. The SMILES string of the molecule is Cc1cc(C(=O)N2CCC(C)(O)CC2)cc(C)c1C=CS(=O)(=O)N1CCC2(CC1)N=C(c1ccc3c(c1)OC(F)(F)O3)NC2=O. The van der Waals surface area contributed by atoms with E-state index in [9.17, 15) is 31.9 Å². The standard InChI is InChI=1S/C31H34F2N4O7S/c1-19-16-22(27(38)36-11-7-29(3,40)8-12-36)17-20(2)23(19)6-15-45(41,42)37-13-9-30(10-14-37)28(39)34-26(35-30)21-4-5-24-25(18-21)44-31(32,33)43-24/h4-6,15-18,40H,7-14H2,1-3H3,(H,34,35,39). The third kappa shape index (κ3) is 6.06. The molecule has 240 valence electrons. The molecule has 2 aromatic carbocycles. The number of benzene rings is 2. The van der Waals surface area contributed by atoms with Crippen LogP contribution < -0.4 is 14.8 Å². The van der Waals surface area contributed by atoms with Gasteiger partial charge in [0, 0.05) is 42.7 Å². The van der Waals surface area contributed by atoms with Crippen molar-refractivity contribution in [2.75, 3.05) is 26.2 Å². The summed E-state index contributed by atoms with van der Waals surface area (Å²) in [5.41, 5.74) is 1.13. The fourth-order valence-electron chi connectivity index (χ4n) is 6.17. The van der Waals surface area contributed by atoms with Crippen molar-refractivity contribution in [3.05, 3.63) is 63.6 Å². The van der Waals surface area contributed by atoms with Crippen LogP contribution in [0.1, 0.15) is 65.2 Å². The second-order valence-electron chi connectivity index (χ2n) is 12.3. The largest absolute Gasteiger partial charge is 0.586 e. The molecule has 4 aliphatic rings. The van der Waals surface area contributed by atoms with Crippen LogP contribution in [0.3, 0.4) is 0 Å². The topological polar surface area (TPSA) is 138 Å². The van der Waals surface area contributed by atoms with Crippen LogP contribution in [-0.2, 0) is 14.8 Å². The molecule has 1 spiro atoms. The Labute approximate surface area is 259 Å². The molecular weight excluding hydrogens is 610 g/mol. The number of amidine groups is 1. The average Bonchev–Trinajstić information content (AvgIpc) is 3.45. The minimum atomic E-state index is -3.84. The number of nitrogens with one attached hydrogen (secondary N) is 1. The number of halogens is 2. The summed E-state index contributed by atoms with van der Waals surface area (Å²) in [6.07, 6.45) is -0.951. The van der Waals surface area contributed by atoms with Crippen LogP contribution in [0.4, 0.5) is 8.78 Å². The van der Waals surface area contributed by atoms with E-state index in [1.165, 1.54) is 28.6 Å². The number of alkyl halides is 2. The number of aliphatic hydroxyl groups is 1. The van der Waals surface area contributed by atoms with Gasteiger partial charge in [-0.15, -0.1) is 8.78 Å². The lowest BCUT2D eigenvalue weighted by Gasteiger charge is -2.36. The number of likely N-dealkylation sites (tertiary alicyclic amines) is 1. The Morgan fingerprint density at radius 2 is 1.62 bits per heavy atom. The van der Waals surface area contributed by atoms with Gasteiger partial charge in [-0.1, -0.05) is 0 Å². The number of aliphatic imine (C=N–C) groups is 1. The Kier molecular flexibility index (Phi) is 7.52. The molecule has 2 aromatic rings. The molecule has 6 rings (SSSR count). The predicted octanol–water partition coefficient (Wildman–Crippen LogP) is 3.32. The first-order valence-electron chi connectivity index (χ1n) is 14.7. The quantitative estimate of drug-likeness (QED) is 0.510. The number of carbonyl (C=O) groups excluding carboxylic acids is 2. The molecule has 11 nitrogen and oxygen atoms in total. The number of ether oxygens (including phenoxy) is 2. The van der Waals surface area contributed by atoms with Crippen molar-refractivity contribution < 1.29 is 41.4 Å². The van der Waals surface area contributed by atoms with E-state index in [4.69, 9.17) is 0 Å². The number of carbonyl (C=O) groups is 2. The zero-order chi connectivity index (χ0) is 32.4. The van der Waals surface area contributed by atoms with Gasteiger partial charge in [-0.05, 0) is 99.6 Å². The highest BCUT2D eigenvalue weighted by Crippen LogP contribution is 2.42. The Morgan fingerprint density at radius 3 is 2.27 bits per heavy atom. The Morgan fingerprint density at radius 1 is 1.00 bits per heavy atom. The molecule has 4 heterocycles. The first-order valence-corrected chi connectivity index (χ1v) is 16.2. The Hall–Kier alpha value is -3.88. The average molecular weight is 645 g/mol. The third-order valence-electron chi connectivity index (χ3n) is 8.94. The van der Waals surface area contributed by atoms with Gasteiger partial charge in [0.1, 0.15) is 11.4 Å². The highest BCUT2D eigenvalue weighted by atomic mass is 32.2. The van der Waals surface area contributed by atoms with Crippen molar-refractivity contribution in [3.63, 3.8) is 0 Å². The van der Waals surface area contributed by atoms with E-state index in [2.05, 4.69) is 19.8 Å². The van der Waals surface area contributed by atoms with Crippen molar-refractivity contribution in [1.29, 1.82) is 0 Å². The highest BCUT2D eigenvalue weighted by Gasteiger charge is 2.48. The number of piperidine rings is 2. The highest BCUT2D eigenvalue weighted by molar-refractivity contribution is 7.92. The van der Waals surface area contributed by atoms with Gasteiger partial charge in [0.15, 0.2) is 11.5 Å². The lowest BCUT2D eigenvalue weighted by atomic mass is 9.89. The molecule has 0 saturated carbocycles. The number of hydrogen-bond donors (Lipinski definition) is 2. The second-order valence-corrected chi connectivity index (χ2v) is 14.2. The normalized spacial score (nSPS) is 22.1. The van der Waals surface area contributed by atoms with Gasteiger partial charge in [0.2, 0.25) is 10.0 Å². The van der Waals surface area contributed by atoms with Crippen molar-refractivity contribution in [3.8, 4) is 11.5 Å². The van der Waals surface area contributed by atoms with Gasteiger partial charge < -0.3 is 24.8 Å². The molecule has 0 bridgehead atoms. The maximum Gasteiger partial charge on any atom is 0.586 e. The minimum Gasteiger partial charge on any atom is -0.395 e. The van der Waals surface area contributed by atoms with Crippen LogP contribution >= 0.6 is 0 Å². The summed E-state index contributed by atoms with van der Waals surface area (Å²) in [4.78, 5) is 32.4. The molecule has 2 amide bonds. The first-order chi connectivity index (χ1) is 21.1. The summed E-state index contributed by atoms with van der Waals surface area (Å²) >= 11 is 0. The third-order valence-corrected chi connectivity index (χ3v) is 10.5. The minimum absolute atomic E-state index is 0.0539. The molecule has 0 aromatic heterocycles. The summed E-state index contributed by atoms with van der Waals surface area (Å²) in [6, 6.07) is 7.60. The van der Waals surface area contributed by atoms with Crippen LogP contribution in [0.25, 0.3) is 6.08 Å². The smallest absolute Gasteiger partial charge is 0.395 e. The number of fused-ring (bicyclic) bond motifs is 1. The predicted molar refractivity (Wildman–Crippen MR) is 160 cm³/mol. The molecule has 2 fully saturated rings. The van der Waals surface area contributed by atoms with Gasteiger partial charge in [-0.2, -0.15) is 4.31 Å². The van der Waals surface area contributed by atoms with Gasteiger partial charge in [-0.25, -0.2) is 8.42 Å². The zero-order valence-electron chi connectivity index (χ0n) is 25.1. The van der Waals surface area contributed by atoms with Crippen molar-refractivity contribution in [2.45, 2.75) is 63.9 Å². The number of amides is 2. The molecule has 2 saturated heterocycles. The summed E-state index contributed by atoms with van der Waals surface area (Å²) in [5.74, 6) is -0.615. The van der Waals surface area contributed by atoms with Crippen molar-refractivity contribution in [2.24, 2.45) is 4.99 Å². The van der Waals surface area contributed by atoms with E-state index in [1.807, 2.05) is 13.8 Å². The van der Waals surface area contributed by atoms with Crippen LogP contribution in [0.5, 0.6) is 11.5 Å². The fourth-order valence-corrected chi connectivity index (χ4v) is 7.35. The molecule has 0 atom stereocenters. The maximum atomic E-state index is 13.4. The maximum absolute atomic E-state index is 13.4. The number of hydrogen-bond acceptors (Lipinski definition) is 8. The molecule has 0 aliphatic carbocycles. The summed E-state index contributed by atoms with van der Waals surface area (Å²) in [5, 5.41) is 14.0. The van der Waals surface area contributed by atoms with Crippen LogP contribution in [0, 0.1) is 13.8 Å². The second kappa shape index (κ2) is 10.9.